The first-order valence-electron chi connectivity index (χ1n) is 14.0. The molecule has 0 saturated heterocycles. The molecular formula is C35H30BrN3O4S. The van der Waals surface area contributed by atoms with Crippen LogP contribution in [0.2, 0.25) is 0 Å². The summed E-state index contributed by atoms with van der Waals surface area (Å²) >= 11 is 3.53. The first-order chi connectivity index (χ1) is 21.2. The van der Waals surface area contributed by atoms with E-state index in [-0.39, 0.29) is 16.4 Å². The molecule has 0 radical (unpaired) electrons. The van der Waals surface area contributed by atoms with E-state index in [2.05, 4.69) is 25.6 Å². The summed E-state index contributed by atoms with van der Waals surface area (Å²) < 4.78 is 36.0. The fourth-order valence-electron chi connectivity index (χ4n) is 5.37. The monoisotopic (exact) mass is 667 g/mol. The summed E-state index contributed by atoms with van der Waals surface area (Å²) in [5.41, 5.74) is 4.99. The number of nitrogens with one attached hydrogen (secondary N) is 1. The van der Waals surface area contributed by atoms with Crippen LogP contribution in [0.25, 0.3) is 0 Å². The van der Waals surface area contributed by atoms with Gasteiger partial charge in [0.15, 0.2) is 0 Å². The maximum Gasteiger partial charge on any atom is 0.262 e. The van der Waals surface area contributed by atoms with E-state index in [0.717, 1.165) is 21.2 Å². The smallest absolute Gasteiger partial charge is 0.262 e. The summed E-state index contributed by atoms with van der Waals surface area (Å²) in [7, 11) is -2.39. The largest absolute Gasteiger partial charge is 0.497 e. The molecule has 0 spiro atoms. The molecule has 0 unspecified atom stereocenters. The third-order valence-electron chi connectivity index (χ3n) is 7.60. The van der Waals surface area contributed by atoms with Crippen molar-refractivity contribution in [1.29, 1.82) is 0 Å². The zero-order valence-electron chi connectivity index (χ0n) is 24.1. The molecule has 0 fully saturated rings. The van der Waals surface area contributed by atoms with E-state index in [1.165, 1.54) is 6.07 Å². The summed E-state index contributed by atoms with van der Waals surface area (Å²) in [6, 6.07) is 37.1. The zero-order valence-corrected chi connectivity index (χ0v) is 26.5. The summed E-state index contributed by atoms with van der Waals surface area (Å²) in [6.07, 6.45) is -0.523. The van der Waals surface area contributed by atoms with Crippen LogP contribution in [0, 0.1) is 6.92 Å². The lowest BCUT2D eigenvalue weighted by Gasteiger charge is -2.46. The van der Waals surface area contributed by atoms with Gasteiger partial charge in [0, 0.05) is 22.4 Å². The number of fused-ring (bicyclic) bond motifs is 1. The molecule has 1 heterocycles. The first-order valence-corrected chi connectivity index (χ1v) is 16.3. The SMILES string of the molecule is COc1ccc(N2C(=O)c3cc(S(=O)(=O)Nc4ccc(C)cc4)ccc3N(Cc3ccccc3)[C@@H]2c2ccc(Br)cc2)cc1. The van der Waals surface area contributed by atoms with Crippen molar-refractivity contribution in [1.82, 2.24) is 0 Å². The maximum absolute atomic E-state index is 14.5. The third-order valence-corrected chi connectivity index (χ3v) is 9.50. The van der Waals surface area contributed by atoms with Crippen LogP contribution in [-0.2, 0) is 16.6 Å². The minimum atomic E-state index is -3.98. The minimum absolute atomic E-state index is 0.00149. The second kappa shape index (κ2) is 12.2. The van der Waals surface area contributed by atoms with Crippen molar-refractivity contribution in [3.05, 3.63) is 148 Å². The molecule has 0 aromatic heterocycles. The van der Waals surface area contributed by atoms with Gasteiger partial charge in [-0.05, 0) is 84.8 Å². The second-order valence-corrected chi connectivity index (χ2v) is 13.2. The van der Waals surface area contributed by atoms with Crippen LogP contribution in [0.1, 0.15) is 33.2 Å². The van der Waals surface area contributed by atoms with Gasteiger partial charge >= 0.3 is 0 Å². The fourth-order valence-corrected chi connectivity index (χ4v) is 6.72. The van der Waals surface area contributed by atoms with Crippen molar-refractivity contribution < 1.29 is 17.9 Å². The predicted molar refractivity (Wildman–Crippen MR) is 178 cm³/mol. The lowest BCUT2D eigenvalue weighted by atomic mass is 9.99. The molecule has 44 heavy (non-hydrogen) atoms. The Morgan fingerprint density at radius 3 is 2.18 bits per heavy atom. The Morgan fingerprint density at radius 1 is 0.841 bits per heavy atom. The normalized spacial score (nSPS) is 14.7. The number of aryl methyl sites for hydroxylation is 1. The van der Waals surface area contributed by atoms with Crippen molar-refractivity contribution in [2.75, 3.05) is 21.6 Å². The average molecular weight is 669 g/mol. The van der Waals surface area contributed by atoms with Crippen molar-refractivity contribution in [3.63, 3.8) is 0 Å². The quantitative estimate of drug-likeness (QED) is 0.182. The summed E-state index contributed by atoms with van der Waals surface area (Å²) in [5, 5.41) is 0. The number of ether oxygens (including phenoxy) is 1. The van der Waals surface area contributed by atoms with Crippen LogP contribution in [-0.4, -0.2) is 21.4 Å². The Hall–Kier alpha value is -4.60. The number of anilines is 3. The number of sulfonamides is 1. The molecule has 5 aromatic carbocycles. The van der Waals surface area contributed by atoms with E-state index in [1.54, 1.807) is 36.3 Å². The molecule has 9 heteroatoms. The Morgan fingerprint density at radius 2 is 1.52 bits per heavy atom. The van der Waals surface area contributed by atoms with E-state index in [4.69, 9.17) is 4.74 Å². The highest BCUT2D eigenvalue weighted by molar-refractivity contribution is 9.10. The maximum atomic E-state index is 14.5. The first kappa shape index (κ1) is 29.5. The van der Waals surface area contributed by atoms with Gasteiger partial charge in [-0.25, -0.2) is 8.42 Å². The Labute approximate surface area is 265 Å². The van der Waals surface area contributed by atoms with E-state index < -0.39 is 16.2 Å². The average Bonchev–Trinajstić information content (AvgIpc) is 3.04. The highest BCUT2D eigenvalue weighted by atomic mass is 79.9. The number of carbonyl (C=O) groups is 1. The number of nitrogens with zero attached hydrogens (tertiary/aromatic N) is 2. The van der Waals surface area contributed by atoms with Crippen molar-refractivity contribution in [3.8, 4) is 5.75 Å². The van der Waals surface area contributed by atoms with Crippen molar-refractivity contribution in [2.24, 2.45) is 0 Å². The number of rotatable bonds is 8. The highest BCUT2D eigenvalue weighted by Gasteiger charge is 2.40. The zero-order chi connectivity index (χ0) is 30.8. The molecule has 7 nitrogen and oxygen atoms in total. The van der Waals surface area contributed by atoms with Gasteiger partial charge in [0.25, 0.3) is 15.9 Å². The van der Waals surface area contributed by atoms with Gasteiger partial charge in [-0.2, -0.15) is 0 Å². The number of amides is 1. The lowest BCUT2D eigenvalue weighted by molar-refractivity contribution is 0.0968. The lowest BCUT2D eigenvalue weighted by Crippen LogP contribution is -2.49. The molecule has 1 atom stereocenters. The molecule has 0 bridgehead atoms. The van der Waals surface area contributed by atoms with Gasteiger partial charge in [0.1, 0.15) is 11.9 Å². The van der Waals surface area contributed by atoms with Crippen molar-refractivity contribution in [2.45, 2.75) is 24.5 Å². The number of hydrogen-bond acceptors (Lipinski definition) is 5. The predicted octanol–water partition coefficient (Wildman–Crippen LogP) is 7.93. The van der Waals surface area contributed by atoms with Crippen molar-refractivity contribution >= 4 is 48.9 Å². The molecule has 1 aliphatic rings. The van der Waals surface area contributed by atoms with Gasteiger partial charge in [0.2, 0.25) is 0 Å². The number of benzene rings is 5. The van der Waals surface area contributed by atoms with Crippen LogP contribution < -0.4 is 19.3 Å². The number of hydrogen-bond donors (Lipinski definition) is 1. The summed E-state index contributed by atoms with van der Waals surface area (Å²) in [4.78, 5) is 18.4. The number of methoxy groups -OCH3 is 1. The fraction of sp³-hybridized carbons (Fsp3) is 0.114. The molecule has 1 aliphatic heterocycles. The van der Waals surface area contributed by atoms with Gasteiger partial charge in [-0.15, -0.1) is 0 Å². The molecular weight excluding hydrogens is 638 g/mol. The second-order valence-electron chi connectivity index (χ2n) is 10.6. The van der Waals surface area contributed by atoms with Crippen LogP contribution in [0.15, 0.2) is 131 Å². The van der Waals surface area contributed by atoms with Gasteiger partial charge in [-0.1, -0.05) is 76.1 Å². The molecule has 6 rings (SSSR count). The Balaban J connectivity index is 1.51. The van der Waals surface area contributed by atoms with Gasteiger partial charge < -0.3 is 9.64 Å². The molecule has 1 amide bonds. The third kappa shape index (κ3) is 5.93. The molecule has 5 aromatic rings. The number of carbonyl (C=O) groups excluding carboxylic acids is 1. The molecule has 0 aliphatic carbocycles. The van der Waals surface area contributed by atoms with E-state index in [0.29, 0.717) is 29.4 Å². The number of halogens is 1. The summed E-state index contributed by atoms with van der Waals surface area (Å²) in [5.74, 6) is 0.352. The Kier molecular flexibility index (Phi) is 8.16. The van der Waals surface area contributed by atoms with Crippen LogP contribution >= 0.6 is 15.9 Å². The van der Waals surface area contributed by atoms with Crippen LogP contribution in [0.4, 0.5) is 17.1 Å². The van der Waals surface area contributed by atoms with Gasteiger partial charge in [0.05, 0.1) is 23.3 Å². The molecule has 1 N–H and O–H groups in total. The minimum Gasteiger partial charge on any atom is -0.497 e. The Bertz CT molecular complexity index is 1900. The summed E-state index contributed by atoms with van der Waals surface area (Å²) in [6.45, 7) is 2.41. The van der Waals surface area contributed by atoms with Gasteiger partial charge in [-0.3, -0.25) is 14.4 Å². The van der Waals surface area contributed by atoms with Crippen LogP contribution in [0.3, 0.4) is 0 Å². The van der Waals surface area contributed by atoms with E-state index in [9.17, 15) is 13.2 Å². The van der Waals surface area contributed by atoms with E-state index in [1.807, 2.05) is 97.9 Å². The standard InChI is InChI=1S/C35H30BrN3O4S/c1-24-8-14-28(15-9-24)37-44(41,42)31-20-21-33-32(22-31)35(40)39(29-16-18-30(43-2)19-17-29)34(26-10-12-27(36)13-11-26)38(33)23-25-6-4-3-5-7-25/h3-22,34,37H,23H2,1-2H3/t34-/m0/s1. The highest BCUT2D eigenvalue weighted by Crippen LogP contribution is 2.43. The van der Waals surface area contributed by atoms with Crippen LogP contribution in [0.5, 0.6) is 5.75 Å². The van der Waals surface area contributed by atoms with E-state index >= 15 is 0 Å². The topological polar surface area (TPSA) is 78.9 Å². The molecule has 222 valence electrons. The molecule has 0 saturated carbocycles.